The smallest absolute Gasteiger partial charge is 0.317 e. The van der Waals surface area contributed by atoms with Crippen molar-refractivity contribution in [1.29, 1.82) is 0 Å². The van der Waals surface area contributed by atoms with E-state index >= 15 is 0 Å². The van der Waals surface area contributed by atoms with Crippen molar-refractivity contribution in [3.63, 3.8) is 0 Å². The summed E-state index contributed by atoms with van der Waals surface area (Å²) in [6, 6.07) is 0.0292. The number of nitrogens with zero attached hydrogens (tertiary/aromatic N) is 1. The SMILES string of the molecule is CNC(=O)N1CCNCC1.OC1CCNCC1. The predicted molar refractivity (Wildman–Crippen MR) is 67.0 cm³/mol. The number of amides is 2. The van der Waals surface area contributed by atoms with Gasteiger partial charge in [0.25, 0.3) is 0 Å². The summed E-state index contributed by atoms with van der Waals surface area (Å²) in [5.41, 5.74) is 0. The van der Waals surface area contributed by atoms with E-state index in [0.717, 1.165) is 52.1 Å². The summed E-state index contributed by atoms with van der Waals surface area (Å²) in [7, 11) is 1.66. The Morgan fingerprint density at radius 1 is 1.18 bits per heavy atom. The number of piperidine rings is 1. The molecule has 17 heavy (non-hydrogen) atoms. The molecule has 2 fully saturated rings. The predicted octanol–water partition coefficient (Wildman–Crippen LogP) is -1.04. The molecule has 4 N–H and O–H groups in total. The normalized spacial score (nSPS) is 21.4. The highest BCUT2D eigenvalue weighted by Crippen LogP contribution is 1.99. The fourth-order valence-electron chi connectivity index (χ4n) is 1.83. The first-order chi connectivity index (χ1) is 8.24. The van der Waals surface area contributed by atoms with Crippen molar-refractivity contribution < 1.29 is 9.90 Å². The highest BCUT2D eigenvalue weighted by Gasteiger charge is 2.13. The second-order valence-corrected chi connectivity index (χ2v) is 4.27. The molecule has 6 nitrogen and oxygen atoms in total. The topological polar surface area (TPSA) is 76.6 Å². The van der Waals surface area contributed by atoms with Crippen LogP contribution in [0.25, 0.3) is 0 Å². The van der Waals surface area contributed by atoms with Crippen molar-refractivity contribution in [2.24, 2.45) is 0 Å². The van der Waals surface area contributed by atoms with Crippen LogP contribution in [0, 0.1) is 0 Å². The molecule has 2 rings (SSSR count). The first-order valence-electron chi connectivity index (χ1n) is 6.30. The van der Waals surface area contributed by atoms with E-state index in [1.165, 1.54) is 0 Å². The highest BCUT2D eigenvalue weighted by molar-refractivity contribution is 5.73. The van der Waals surface area contributed by atoms with E-state index in [0.29, 0.717) is 0 Å². The van der Waals surface area contributed by atoms with Crippen LogP contribution in [-0.4, -0.2) is 68.5 Å². The van der Waals surface area contributed by atoms with Crippen molar-refractivity contribution in [2.75, 3.05) is 46.3 Å². The largest absolute Gasteiger partial charge is 0.393 e. The summed E-state index contributed by atoms with van der Waals surface area (Å²) in [4.78, 5) is 12.8. The van der Waals surface area contributed by atoms with E-state index in [-0.39, 0.29) is 12.1 Å². The Morgan fingerprint density at radius 2 is 1.71 bits per heavy atom. The Balaban J connectivity index is 0.000000181. The molecule has 2 heterocycles. The minimum atomic E-state index is -0.0266. The minimum Gasteiger partial charge on any atom is -0.393 e. The number of carbonyl (C=O) groups excluding carboxylic acids is 1. The molecule has 0 aromatic rings. The van der Waals surface area contributed by atoms with Crippen molar-refractivity contribution in [3.8, 4) is 0 Å². The molecule has 0 saturated carbocycles. The summed E-state index contributed by atoms with van der Waals surface area (Å²) < 4.78 is 0. The number of carbonyl (C=O) groups is 1. The second-order valence-electron chi connectivity index (χ2n) is 4.27. The van der Waals surface area contributed by atoms with E-state index in [9.17, 15) is 4.79 Å². The summed E-state index contributed by atoms with van der Waals surface area (Å²) in [6.45, 7) is 5.43. The molecule has 6 heteroatoms. The van der Waals surface area contributed by atoms with Gasteiger partial charge in [-0.1, -0.05) is 0 Å². The molecule has 2 saturated heterocycles. The average molecular weight is 244 g/mol. The maximum Gasteiger partial charge on any atom is 0.317 e. The lowest BCUT2D eigenvalue weighted by molar-refractivity contribution is 0.137. The zero-order valence-corrected chi connectivity index (χ0v) is 10.5. The number of rotatable bonds is 0. The van der Waals surface area contributed by atoms with Crippen molar-refractivity contribution in [3.05, 3.63) is 0 Å². The Morgan fingerprint density at radius 3 is 2.12 bits per heavy atom. The zero-order chi connectivity index (χ0) is 12.5. The third kappa shape index (κ3) is 5.86. The number of nitrogens with one attached hydrogen (secondary N) is 3. The minimum absolute atomic E-state index is 0.0266. The lowest BCUT2D eigenvalue weighted by atomic mass is 10.1. The summed E-state index contributed by atoms with van der Waals surface area (Å²) in [5.74, 6) is 0. The molecule has 0 radical (unpaired) electrons. The monoisotopic (exact) mass is 244 g/mol. The first-order valence-corrected chi connectivity index (χ1v) is 6.30. The first kappa shape index (κ1) is 14.2. The lowest BCUT2D eigenvalue weighted by Crippen LogP contribution is -2.49. The molecule has 0 unspecified atom stereocenters. The molecule has 0 aliphatic carbocycles. The molecule has 0 aromatic carbocycles. The van der Waals surface area contributed by atoms with Crippen LogP contribution in [-0.2, 0) is 0 Å². The lowest BCUT2D eigenvalue weighted by Gasteiger charge is -2.26. The molecule has 2 amide bonds. The van der Waals surface area contributed by atoms with Crippen molar-refractivity contribution >= 4 is 6.03 Å². The molecule has 2 aliphatic heterocycles. The third-order valence-corrected chi connectivity index (χ3v) is 2.93. The highest BCUT2D eigenvalue weighted by atomic mass is 16.3. The standard InChI is InChI=1S/C6H13N3O.C5H11NO/c1-7-6(10)9-4-2-8-3-5-9;7-5-1-3-6-4-2-5/h8H,2-5H2,1H3,(H,7,10);5-7H,1-4H2. The van der Waals surface area contributed by atoms with Crippen LogP contribution >= 0.6 is 0 Å². The number of hydrogen-bond acceptors (Lipinski definition) is 4. The Labute approximate surface area is 103 Å². The summed E-state index contributed by atoms with van der Waals surface area (Å²) in [5, 5.41) is 17.8. The Kier molecular flexibility index (Phi) is 6.91. The summed E-state index contributed by atoms with van der Waals surface area (Å²) >= 11 is 0. The molecule has 0 spiro atoms. The van der Waals surface area contributed by atoms with Gasteiger partial charge in [-0.05, 0) is 25.9 Å². The van der Waals surface area contributed by atoms with Gasteiger partial charge in [0.05, 0.1) is 6.10 Å². The number of aliphatic hydroxyl groups is 1. The van der Waals surface area contributed by atoms with Gasteiger partial charge < -0.3 is 26.0 Å². The van der Waals surface area contributed by atoms with Crippen molar-refractivity contribution in [1.82, 2.24) is 20.9 Å². The van der Waals surface area contributed by atoms with Crippen LogP contribution in [0.4, 0.5) is 4.79 Å². The Bertz CT molecular complexity index is 214. The number of aliphatic hydroxyl groups excluding tert-OH is 1. The van der Waals surface area contributed by atoms with Gasteiger partial charge in [0.1, 0.15) is 0 Å². The van der Waals surface area contributed by atoms with Gasteiger partial charge >= 0.3 is 6.03 Å². The molecule has 0 atom stereocenters. The zero-order valence-electron chi connectivity index (χ0n) is 10.5. The molecule has 2 aliphatic rings. The quantitative estimate of drug-likeness (QED) is 0.439. The van der Waals surface area contributed by atoms with Crippen LogP contribution < -0.4 is 16.0 Å². The van der Waals surface area contributed by atoms with E-state index < -0.39 is 0 Å². The van der Waals surface area contributed by atoms with Crippen LogP contribution in [0.5, 0.6) is 0 Å². The van der Waals surface area contributed by atoms with Crippen LogP contribution in [0.2, 0.25) is 0 Å². The maximum absolute atomic E-state index is 11.0. The van der Waals surface area contributed by atoms with Gasteiger partial charge in [0.2, 0.25) is 0 Å². The van der Waals surface area contributed by atoms with Gasteiger partial charge in [-0.25, -0.2) is 4.79 Å². The van der Waals surface area contributed by atoms with E-state index in [1.807, 2.05) is 0 Å². The van der Waals surface area contributed by atoms with Gasteiger partial charge in [-0.2, -0.15) is 0 Å². The van der Waals surface area contributed by atoms with E-state index in [1.54, 1.807) is 11.9 Å². The van der Waals surface area contributed by atoms with Crippen LogP contribution in [0.3, 0.4) is 0 Å². The van der Waals surface area contributed by atoms with Crippen LogP contribution in [0.1, 0.15) is 12.8 Å². The van der Waals surface area contributed by atoms with Gasteiger partial charge in [-0.15, -0.1) is 0 Å². The van der Waals surface area contributed by atoms with Gasteiger partial charge in [0, 0.05) is 33.2 Å². The number of piperazine rings is 1. The van der Waals surface area contributed by atoms with Crippen molar-refractivity contribution in [2.45, 2.75) is 18.9 Å². The fraction of sp³-hybridized carbons (Fsp3) is 0.909. The maximum atomic E-state index is 11.0. The molecular weight excluding hydrogens is 220 g/mol. The van der Waals surface area contributed by atoms with Gasteiger partial charge in [0.15, 0.2) is 0 Å². The van der Waals surface area contributed by atoms with Gasteiger partial charge in [-0.3, -0.25) is 0 Å². The number of urea groups is 1. The summed E-state index contributed by atoms with van der Waals surface area (Å²) in [6.07, 6.45) is 1.83. The second kappa shape index (κ2) is 8.27. The Hall–Kier alpha value is -0.850. The molecule has 0 aromatic heterocycles. The van der Waals surface area contributed by atoms with Crippen LogP contribution in [0.15, 0.2) is 0 Å². The van der Waals surface area contributed by atoms with E-state index in [2.05, 4.69) is 16.0 Å². The fourth-order valence-corrected chi connectivity index (χ4v) is 1.83. The number of hydrogen-bond donors (Lipinski definition) is 4. The molecular formula is C11H24N4O2. The third-order valence-electron chi connectivity index (χ3n) is 2.93. The molecule has 0 bridgehead atoms. The van der Waals surface area contributed by atoms with E-state index in [4.69, 9.17) is 5.11 Å². The average Bonchev–Trinajstić information content (AvgIpc) is 2.40. The molecule has 100 valence electrons.